The van der Waals surface area contributed by atoms with Gasteiger partial charge in [-0.25, -0.2) is 4.98 Å². The molecule has 8 nitrogen and oxygen atoms in total. The Hall–Kier alpha value is -4.46. The molecule has 1 atom stereocenters. The lowest BCUT2D eigenvalue weighted by Gasteiger charge is -2.20. The number of aromatic nitrogens is 7. The maximum absolute atomic E-state index is 4.67. The summed E-state index contributed by atoms with van der Waals surface area (Å²) in [6.45, 7) is 0. The fraction of sp³-hybridized carbons (Fsp3) is 0.154. The van der Waals surface area contributed by atoms with Gasteiger partial charge in [0, 0.05) is 80.7 Å². The Bertz CT molecular complexity index is 1640. The lowest BCUT2D eigenvalue weighted by molar-refractivity contribution is 0.743. The minimum Gasteiger partial charge on any atom is -0.371 e. The molecule has 34 heavy (non-hydrogen) atoms. The molecular formula is C26H24N8. The monoisotopic (exact) mass is 448 g/mol. The first-order valence-electron chi connectivity index (χ1n) is 11.1. The van der Waals surface area contributed by atoms with Crippen LogP contribution in [0.4, 0.5) is 5.69 Å². The molecule has 0 saturated carbocycles. The summed E-state index contributed by atoms with van der Waals surface area (Å²) in [5.74, 6) is 0.902. The molecule has 0 amide bonds. The zero-order valence-electron chi connectivity index (χ0n) is 19.2. The van der Waals surface area contributed by atoms with Crippen LogP contribution in [-0.4, -0.2) is 33.9 Å². The van der Waals surface area contributed by atoms with Gasteiger partial charge in [0.2, 0.25) is 0 Å². The van der Waals surface area contributed by atoms with E-state index in [0.29, 0.717) is 0 Å². The number of nitrogens with one attached hydrogen (secondary N) is 1. The smallest absolute Gasteiger partial charge is 0.135 e. The fourth-order valence-corrected chi connectivity index (χ4v) is 4.52. The van der Waals surface area contributed by atoms with Gasteiger partial charge < -0.3 is 14.5 Å². The van der Waals surface area contributed by atoms with Crippen LogP contribution in [-0.2, 0) is 21.1 Å². The first kappa shape index (κ1) is 20.2. The van der Waals surface area contributed by atoms with Crippen molar-refractivity contribution in [1.29, 1.82) is 0 Å². The molecule has 168 valence electrons. The Labute approximate surface area is 196 Å². The average Bonchev–Trinajstić information content (AvgIpc) is 3.57. The van der Waals surface area contributed by atoms with Crippen molar-refractivity contribution in [3.63, 3.8) is 0 Å². The average molecular weight is 449 g/mol. The topological polar surface area (TPSA) is 78.4 Å². The maximum Gasteiger partial charge on any atom is 0.135 e. The number of imidazole rings is 1. The number of hydrogen-bond acceptors (Lipinski definition) is 5. The Morgan fingerprint density at radius 2 is 1.74 bits per heavy atom. The highest BCUT2D eigenvalue weighted by Crippen LogP contribution is 2.34. The van der Waals surface area contributed by atoms with Crippen molar-refractivity contribution in [1.82, 2.24) is 33.9 Å². The second-order valence-electron chi connectivity index (χ2n) is 8.57. The SMILES string of the molecule is Cn1cc([C@H](Nc2cc(-c3ccc4ccn(C)c4c3)c3nccnc3c2)c2nccn2C)cn1. The third kappa shape index (κ3) is 3.40. The van der Waals surface area contributed by atoms with Gasteiger partial charge in [-0.1, -0.05) is 12.1 Å². The zero-order chi connectivity index (χ0) is 23.2. The van der Waals surface area contributed by atoms with Crippen LogP contribution >= 0.6 is 0 Å². The Kier molecular flexibility index (Phi) is 4.65. The molecule has 0 aliphatic carbocycles. The van der Waals surface area contributed by atoms with Crippen molar-refractivity contribution in [2.75, 3.05) is 5.32 Å². The first-order valence-corrected chi connectivity index (χ1v) is 11.1. The number of fused-ring (bicyclic) bond motifs is 2. The predicted molar refractivity (Wildman–Crippen MR) is 133 cm³/mol. The van der Waals surface area contributed by atoms with Crippen molar-refractivity contribution in [3.05, 3.63) is 91.2 Å². The summed E-state index contributed by atoms with van der Waals surface area (Å²) in [7, 11) is 5.98. The number of rotatable bonds is 5. The van der Waals surface area contributed by atoms with E-state index in [-0.39, 0.29) is 6.04 Å². The Morgan fingerprint density at radius 1 is 0.853 bits per heavy atom. The highest BCUT2D eigenvalue weighted by molar-refractivity contribution is 5.97. The van der Waals surface area contributed by atoms with E-state index >= 15 is 0 Å². The van der Waals surface area contributed by atoms with Gasteiger partial charge in [0.25, 0.3) is 0 Å². The van der Waals surface area contributed by atoms with Crippen molar-refractivity contribution < 1.29 is 0 Å². The fourth-order valence-electron chi connectivity index (χ4n) is 4.52. The highest BCUT2D eigenvalue weighted by atomic mass is 15.2. The molecule has 0 bridgehead atoms. The third-order valence-electron chi connectivity index (χ3n) is 6.26. The molecule has 2 aromatic carbocycles. The number of hydrogen-bond donors (Lipinski definition) is 1. The second-order valence-corrected chi connectivity index (χ2v) is 8.57. The van der Waals surface area contributed by atoms with Gasteiger partial charge in [-0.3, -0.25) is 14.6 Å². The molecule has 0 saturated heterocycles. The molecule has 0 unspecified atom stereocenters. The van der Waals surface area contributed by atoms with Gasteiger partial charge >= 0.3 is 0 Å². The summed E-state index contributed by atoms with van der Waals surface area (Å²) in [5.41, 5.74) is 6.97. The standard InChI is InChI=1S/C26H24N8/c1-32-10-6-17-4-5-18(12-23(17)32)21-13-20(14-22-25(21)28-8-7-27-22)31-24(19-15-30-34(3)16-19)26-29-9-11-33(26)2/h4-16,24,31H,1-3H3/t24-/m0/s1. The summed E-state index contributed by atoms with van der Waals surface area (Å²) in [6, 6.07) is 12.6. The van der Waals surface area contributed by atoms with Crippen molar-refractivity contribution >= 4 is 27.6 Å². The van der Waals surface area contributed by atoms with Gasteiger partial charge in [-0.05, 0) is 35.2 Å². The molecule has 0 radical (unpaired) electrons. The Morgan fingerprint density at radius 3 is 2.53 bits per heavy atom. The minimum absolute atomic E-state index is 0.175. The van der Waals surface area contributed by atoms with E-state index in [1.54, 1.807) is 17.1 Å². The molecule has 0 aliphatic rings. The molecule has 4 aromatic heterocycles. The molecular weight excluding hydrogens is 424 g/mol. The Balaban J connectivity index is 1.50. The van der Waals surface area contributed by atoms with Gasteiger partial charge in [-0.2, -0.15) is 5.10 Å². The van der Waals surface area contributed by atoms with Crippen molar-refractivity contribution in [3.8, 4) is 11.1 Å². The second kappa shape index (κ2) is 7.84. The number of anilines is 1. The van der Waals surface area contributed by atoms with Crippen LogP contribution in [0.5, 0.6) is 0 Å². The van der Waals surface area contributed by atoms with Gasteiger partial charge in [-0.15, -0.1) is 0 Å². The van der Waals surface area contributed by atoms with E-state index < -0.39 is 0 Å². The molecule has 1 N–H and O–H groups in total. The van der Waals surface area contributed by atoms with Crippen LogP contribution in [0, 0.1) is 0 Å². The van der Waals surface area contributed by atoms with E-state index in [1.807, 2.05) is 49.5 Å². The lowest BCUT2D eigenvalue weighted by Crippen LogP contribution is -2.16. The predicted octanol–water partition coefficient (Wildman–Crippen LogP) is 4.46. The van der Waals surface area contributed by atoms with Crippen LogP contribution in [0.15, 0.2) is 79.8 Å². The first-order chi connectivity index (χ1) is 16.6. The van der Waals surface area contributed by atoms with Crippen LogP contribution in [0.2, 0.25) is 0 Å². The maximum atomic E-state index is 4.67. The normalized spacial score (nSPS) is 12.4. The van der Waals surface area contributed by atoms with Gasteiger partial charge in [0.15, 0.2) is 0 Å². The van der Waals surface area contributed by atoms with Crippen LogP contribution in [0.25, 0.3) is 33.1 Å². The van der Waals surface area contributed by atoms with E-state index in [2.05, 4.69) is 73.5 Å². The third-order valence-corrected chi connectivity index (χ3v) is 6.26. The zero-order valence-corrected chi connectivity index (χ0v) is 19.2. The van der Waals surface area contributed by atoms with Crippen LogP contribution < -0.4 is 5.32 Å². The largest absolute Gasteiger partial charge is 0.371 e. The van der Waals surface area contributed by atoms with E-state index in [0.717, 1.165) is 39.2 Å². The number of aryl methyl sites for hydroxylation is 3. The van der Waals surface area contributed by atoms with Crippen molar-refractivity contribution in [2.45, 2.75) is 6.04 Å². The van der Waals surface area contributed by atoms with Gasteiger partial charge in [0.05, 0.1) is 17.2 Å². The lowest BCUT2D eigenvalue weighted by atomic mass is 10.0. The molecule has 6 aromatic rings. The summed E-state index contributed by atoms with van der Waals surface area (Å²) in [6.07, 6.45) is 13.2. The summed E-state index contributed by atoms with van der Waals surface area (Å²) < 4.78 is 5.96. The van der Waals surface area contributed by atoms with E-state index in [1.165, 1.54) is 10.9 Å². The molecule has 4 heterocycles. The molecule has 6 rings (SSSR count). The van der Waals surface area contributed by atoms with Gasteiger partial charge in [0.1, 0.15) is 11.9 Å². The quantitative estimate of drug-likeness (QED) is 0.421. The number of nitrogens with zero attached hydrogens (tertiary/aromatic N) is 7. The number of benzene rings is 2. The van der Waals surface area contributed by atoms with Crippen LogP contribution in [0.3, 0.4) is 0 Å². The van der Waals surface area contributed by atoms with Crippen molar-refractivity contribution in [2.24, 2.45) is 21.1 Å². The highest BCUT2D eigenvalue weighted by Gasteiger charge is 2.21. The summed E-state index contributed by atoms with van der Waals surface area (Å²) in [4.78, 5) is 13.9. The van der Waals surface area contributed by atoms with Crippen LogP contribution in [0.1, 0.15) is 17.4 Å². The molecule has 0 spiro atoms. The summed E-state index contributed by atoms with van der Waals surface area (Å²) in [5, 5.41) is 9.28. The molecule has 0 fully saturated rings. The minimum atomic E-state index is -0.175. The summed E-state index contributed by atoms with van der Waals surface area (Å²) >= 11 is 0. The van der Waals surface area contributed by atoms with E-state index in [9.17, 15) is 0 Å². The molecule has 8 heteroatoms. The molecule has 0 aliphatic heterocycles. The van der Waals surface area contributed by atoms with E-state index in [4.69, 9.17) is 0 Å².